The average Bonchev–Trinajstić information content (AvgIpc) is 2.97. The van der Waals surface area contributed by atoms with Gasteiger partial charge in [-0.2, -0.15) is 0 Å². The van der Waals surface area contributed by atoms with Crippen LogP contribution in [0.25, 0.3) is 10.9 Å². The molecule has 1 aliphatic heterocycles. The Morgan fingerprint density at radius 3 is 2.73 bits per heavy atom. The summed E-state index contributed by atoms with van der Waals surface area (Å²) in [6, 6.07) is 5.08. The van der Waals surface area contributed by atoms with Crippen LogP contribution in [0.1, 0.15) is 58.2 Å². The monoisotopic (exact) mass is 410 g/mol. The number of aryl methyl sites for hydroxylation is 1. The van der Waals surface area contributed by atoms with Gasteiger partial charge >= 0.3 is 11.8 Å². The predicted molar refractivity (Wildman–Crippen MR) is 116 cm³/mol. The first kappa shape index (κ1) is 20.6. The Morgan fingerprint density at radius 2 is 1.90 bits per heavy atom. The molecule has 1 aromatic carbocycles. The molecule has 0 radical (unpaired) electrons. The van der Waals surface area contributed by atoms with Crippen molar-refractivity contribution >= 4 is 28.4 Å². The molecule has 1 aromatic heterocycles. The molecule has 2 aromatic rings. The van der Waals surface area contributed by atoms with Crippen molar-refractivity contribution in [3.63, 3.8) is 0 Å². The van der Waals surface area contributed by atoms with Gasteiger partial charge < -0.3 is 10.6 Å². The van der Waals surface area contributed by atoms with Crippen molar-refractivity contribution < 1.29 is 9.59 Å². The van der Waals surface area contributed by atoms with E-state index in [-0.39, 0.29) is 11.6 Å². The predicted octanol–water partition coefficient (Wildman–Crippen LogP) is 3.00. The molecule has 1 fully saturated rings. The van der Waals surface area contributed by atoms with E-state index in [1.807, 2.05) is 0 Å². The summed E-state index contributed by atoms with van der Waals surface area (Å²) < 4.78 is 1.75. The molecule has 30 heavy (non-hydrogen) atoms. The van der Waals surface area contributed by atoms with E-state index in [2.05, 4.69) is 29.5 Å². The van der Waals surface area contributed by atoms with Crippen molar-refractivity contribution in [1.82, 2.24) is 14.9 Å². The Labute approximate surface area is 176 Å². The summed E-state index contributed by atoms with van der Waals surface area (Å²) in [5.74, 6) is 0.373. The maximum atomic E-state index is 13.0. The van der Waals surface area contributed by atoms with Gasteiger partial charge in [-0.1, -0.05) is 33.1 Å². The van der Waals surface area contributed by atoms with Gasteiger partial charge in [0.2, 0.25) is 0 Å². The number of anilines is 1. The number of hydrogen-bond donors (Lipinski definition) is 2. The van der Waals surface area contributed by atoms with Gasteiger partial charge in [-0.15, -0.1) is 0 Å². The fraction of sp³-hybridized carbons (Fsp3) is 0.565. The van der Waals surface area contributed by atoms with Crippen LogP contribution in [-0.2, 0) is 22.6 Å². The second-order valence-electron chi connectivity index (χ2n) is 8.83. The second kappa shape index (κ2) is 8.58. The number of amides is 2. The van der Waals surface area contributed by atoms with Crippen LogP contribution in [0.15, 0.2) is 23.0 Å². The molecule has 4 rings (SSSR count). The number of carbonyl (C=O) groups is 2. The minimum atomic E-state index is -0.706. The first-order valence-electron chi connectivity index (χ1n) is 11.1. The smallest absolute Gasteiger partial charge is 0.313 e. The lowest BCUT2D eigenvalue weighted by Gasteiger charge is -2.34. The minimum Gasteiger partial charge on any atom is -0.345 e. The van der Waals surface area contributed by atoms with Crippen LogP contribution in [0.5, 0.6) is 0 Å². The highest BCUT2D eigenvalue weighted by Gasteiger charge is 2.29. The number of hydrogen-bond acceptors (Lipinski definition) is 4. The van der Waals surface area contributed by atoms with Gasteiger partial charge in [-0.05, 0) is 49.3 Å². The molecule has 0 unspecified atom stereocenters. The number of aromatic nitrogens is 2. The molecular weight excluding hydrogens is 380 g/mol. The summed E-state index contributed by atoms with van der Waals surface area (Å²) in [5, 5.41) is 5.99. The highest BCUT2D eigenvalue weighted by atomic mass is 16.2. The average molecular weight is 411 g/mol. The summed E-state index contributed by atoms with van der Waals surface area (Å²) in [6.45, 7) is 4.98. The van der Waals surface area contributed by atoms with E-state index in [0.717, 1.165) is 50.8 Å². The van der Waals surface area contributed by atoms with E-state index in [9.17, 15) is 14.4 Å². The van der Waals surface area contributed by atoms with Crippen molar-refractivity contribution in [2.75, 3.05) is 5.32 Å². The molecule has 2 aliphatic rings. The van der Waals surface area contributed by atoms with Crippen LogP contribution in [-0.4, -0.2) is 27.4 Å². The maximum Gasteiger partial charge on any atom is 0.313 e. The normalized spacial score (nSPS) is 24.0. The molecule has 160 valence electrons. The molecular formula is C23H30N4O3. The third kappa shape index (κ3) is 4.11. The topological polar surface area (TPSA) is 93.1 Å². The van der Waals surface area contributed by atoms with E-state index in [4.69, 9.17) is 0 Å². The lowest BCUT2D eigenvalue weighted by atomic mass is 9.78. The number of carbonyl (C=O) groups excluding carboxylic acids is 2. The summed E-state index contributed by atoms with van der Waals surface area (Å²) in [4.78, 5) is 42.5. The fourth-order valence-corrected chi connectivity index (χ4v) is 4.70. The van der Waals surface area contributed by atoms with Crippen LogP contribution in [0.4, 0.5) is 5.69 Å². The van der Waals surface area contributed by atoms with E-state index in [0.29, 0.717) is 35.0 Å². The molecule has 0 bridgehead atoms. The molecule has 7 nitrogen and oxygen atoms in total. The highest BCUT2D eigenvalue weighted by Crippen LogP contribution is 2.29. The van der Waals surface area contributed by atoms with Gasteiger partial charge in [-0.3, -0.25) is 19.0 Å². The van der Waals surface area contributed by atoms with Gasteiger partial charge in [0.25, 0.3) is 5.56 Å². The molecule has 7 heteroatoms. The van der Waals surface area contributed by atoms with Gasteiger partial charge in [0.1, 0.15) is 5.82 Å². The quantitative estimate of drug-likeness (QED) is 0.745. The molecule has 2 N–H and O–H groups in total. The SMILES string of the molecule is C[C@H]1[C@H](C)CCC[C@H]1NC(=O)C(=O)Nc1ccc2nc3n(c(=O)c2c1)CCCCC3. The summed E-state index contributed by atoms with van der Waals surface area (Å²) in [6.07, 6.45) is 7.02. The van der Waals surface area contributed by atoms with Crippen LogP contribution in [0, 0.1) is 11.8 Å². The van der Waals surface area contributed by atoms with E-state index >= 15 is 0 Å². The second-order valence-corrected chi connectivity index (χ2v) is 8.83. The van der Waals surface area contributed by atoms with Crippen LogP contribution < -0.4 is 16.2 Å². The Balaban J connectivity index is 1.50. The molecule has 2 amide bonds. The zero-order valence-electron chi connectivity index (χ0n) is 17.7. The van der Waals surface area contributed by atoms with Crippen molar-refractivity contribution in [1.29, 1.82) is 0 Å². The van der Waals surface area contributed by atoms with Crippen molar-refractivity contribution in [2.24, 2.45) is 11.8 Å². The van der Waals surface area contributed by atoms with E-state index < -0.39 is 11.8 Å². The lowest BCUT2D eigenvalue weighted by molar-refractivity contribution is -0.137. The number of benzene rings is 1. The first-order valence-corrected chi connectivity index (χ1v) is 11.1. The van der Waals surface area contributed by atoms with Crippen LogP contribution in [0.3, 0.4) is 0 Å². The molecule has 1 aliphatic carbocycles. The van der Waals surface area contributed by atoms with Crippen LogP contribution >= 0.6 is 0 Å². The highest BCUT2D eigenvalue weighted by molar-refractivity contribution is 6.39. The zero-order valence-corrected chi connectivity index (χ0v) is 17.7. The van der Waals surface area contributed by atoms with Gasteiger partial charge in [0.05, 0.1) is 10.9 Å². The fourth-order valence-electron chi connectivity index (χ4n) is 4.70. The summed E-state index contributed by atoms with van der Waals surface area (Å²) >= 11 is 0. The standard InChI is InChI=1S/C23H30N4O3/c1-14-7-6-8-18(15(14)2)26-22(29)21(28)24-16-10-11-19-17(13-16)23(30)27-12-5-3-4-9-20(27)25-19/h10-11,13-15,18H,3-9,12H2,1-2H3,(H,24,28)(H,26,29)/t14-,15+,18-/m1/s1. The molecule has 0 spiro atoms. The van der Waals surface area contributed by atoms with Gasteiger partial charge in [-0.25, -0.2) is 4.98 Å². The molecule has 0 saturated heterocycles. The summed E-state index contributed by atoms with van der Waals surface area (Å²) in [7, 11) is 0. The van der Waals surface area contributed by atoms with Crippen molar-refractivity contribution in [3.05, 3.63) is 34.4 Å². The minimum absolute atomic E-state index is 0.0212. The lowest BCUT2D eigenvalue weighted by Crippen LogP contribution is -2.47. The van der Waals surface area contributed by atoms with Gasteiger partial charge in [0.15, 0.2) is 0 Å². The number of nitrogens with one attached hydrogen (secondary N) is 2. The zero-order chi connectivity index (χ0) is 21.3. The number of fused-ring (bicyclic) bond motifs is 2. The maximum absolute atomic E-state index is 13.0. The van der Waals surface area contributed by atoms with E-state index in [1.165, 1.54) is 0 Å². The number of nitrogens with zero attached hydrogens (tertiary/aromatic N) is 2. The first-order chi connectivity index (χ1) is 14.4. The Hall–Kier alpha value is -2.70. The third-order valence-corrected chi connectivity index (χ3v) is 6.80. The van der Waals surface area contributed by atoms with Gasteiger partial charge in [0, 0.05) is 24.7 Å². The molecule has 2 heterocycles. The van der Waals surface area contributed by atoms with Crippen molar-refractivity contribution in [2.45, 2.75) is 71.4 Å². The largest absolute Gasteiger partial charge is 0.345 e. The van der Waals surface area contributed by atoms with Crippen molar-refractivity contribution in [3.8, 4) is 0 Å². The van der Waals surface area contributed by atoms with Crippen LogP contribution in [0.2, 0.25) is 0 Å². The Kier molecular flexibility index (Phi) is 5.88. The molecule has 3 atom stereocenters. The molecule has 1 saturated carbocycles. The van der Waals surface area contributed by atoms with E-state index in [1.54, 1.807) is 22.8 Å². The third-order valence-electron chi connectivity index (χ3n) is 6.80. The Morgan fingerprint density at radius 1 is 1.07 bits per heavy atom. The summed E-state index contributed by atoms with van der Waals surface area (Å²) in [5.41, 5.74) is 0.976. The number of rotatable bonds is 2. The Bertz CT molecular complexity index is 1030.